The Bertz CT molecular complexity index is 1070. The van der Waals surface area contributed by atoms with Crippen LogP contribution in [-0.2, 0) is 0 Å². The highest BCUT2D eigenvalue weighted by atomic mass is 32.2. The van der Waals surface area contributed by atoms with Crippen molar-refractivity contribution in [3.8, 4) is 22.8 Å². The third-order valence-corrected chi connectivity index (χ3v) is 4.95. The first-order valence-electron chi connectivity index (χ1n) is 8.54. The first-order chi connectivity index (χ1) is 13.1. The van der Waals surface area contributed by atoms with Crippen LogP contribution in [0.3, 0.4) is 0 Å². The quantitative estimate of drug-likeness (QED) is 0.474. The predicted molar refractivity (Wildman–Crippen MR) is 103 cm³/mol. The topological polar surface area (TPSA) is 91.1 Å². The number of aromatic nitrogens is 3. The van der Waals surface area contributed by atoms with Crippen LogP contribution in [0, 0.1) is 0 Å². The number of nitrogens with one attached hydrogen (secondary N) is 2. The van der Waals surface area contributed by atoms with Crippen molar-refractivity contribution in [1.29, 1.82) is 0 Å². The van der Waals surface area contributed by atoms with Gasteiger partial charge in [-0.1, -0.05) is 23.9 Å². The summed E-state index contributed by atoms with van der Waals surface area (Å²) in [4.78, 5) is 15.6. The van der Waals surface area contributed by atoms with Gasteiger partial charge in [0.15, 0.2) is 11.5 Å². The molecule has 138 valence electrons. The lowest BCUT2D eigenvalue weighted by atomic mass is 10.0. The number of H-pyrrole nitrogens is 1. The minimum absolute atomic E-state index is 0.0747. The number of nitrogens with zero attached hydrogens (tertiary/aromatic N) is 2. The highest BCUT2D eigenvalue weighted by molar-refractivity contribution is 7.98. The lowest BCUT2D eigenvalue weighted by molar-refractivity contribution is -0.759. The van der Waals surface area contributed by atoms with Crippen molar-refractivity contribution in [2.45, 2.75) is 18.2 Å². The van der Waals surface area contributed by atoms with E-state index >= 15 is 0 Å². The van der Waals surface area contributed by atoms with Gasteiger partial charge in [-0.3, -0.25) is 9.78 Å². The number of ether oxygens (including phenoxy) is 1. The molecule has 1 aliphatic rings. The molecular weight excluding hydrogens is 364 g/mol. The highest BCUT2D eigenvalue weighted by Crippen LogP contribution is 2.34. The van der Waals surface area contributed by atoms with E-state index in [9.17, 15) is 9.90 Å². The second-order valence-electron chi connectivity index (χ2n) is 6.01. The Morgan fingerprint density at radius 2 is 2.11 bits per heavy atom. The average Bonchev–Trinajstić information content (AvgIpc) is 2.68. The maximum absolute atomic E-state index is 12.8. The molecule has 0 aliphatic carbocycles. The van der Waals surface area contributed by atoms with Gasteiger partial charge in [0.1, 0.15) is 0 Å². The summed E-state index contributed by atoms with van der Waals surface area (Å²) in [6.07, 6.45) is 1.45. The molecule has 7 nitrogen and oxygen atoms in total. The molecule has 0 unspecified atom stereocenters. The number of hydrogen-bond acceptors (Lipinski definition) is 6. The highest BCUT2D eigenvalue weighted by Gasteiger charge is 2.37. The molecular formula is C19H19N4O3S+. The number of fused-ring (bicyclic) bond motifs is 3. The maximum atomic E-state index is 12.8. The van der Waals surface area contributed by atoms with Crippen LogP contribution in [0.4, 0.5) is 5.69 Å². The van der Waals surface area contributed by atoms with Gasteiger partial charge < -0.3 is 15.2 Å². The summed E-state index contributed by atoms with van der Waals surface area (Å²) in [6, 6.07) is 12.8. The molecule has 0 radical (unpaired) electrons. The van der Waals surface area contributed by atoms with Crippen molar-refractivity contribution >= 4 is 17.4 Å². The first kappa shape index (κ1) is 17.4. The van der Waals surface area contributed by atoms with Crippen LogP contribution in [0.1, 0.15) is 18.7 Å². The molecule has 1 aromatic heterocycles. The molecule has 2 aromatic carbocycles. The smallest absolute Gasteiger partial charge is 0.325 e. The maximum Gasteiger partial charge on any atom is 0.325 e. The number of anilines is 1. The SMILES string of the molecule is CCOc1cc([C@H]2Nc3ccccc3-c3c(=O)[nH]c(SC)n[n+]32)ccc1O. The summed E-state index contributed by atoms with van der Waals surface area (Å²) in [5.41, 5.74) is 2.74. The first-order valence-corrected chi connectivity index (χ1v) is 9.76. The number of aromatic hydroxyl groups is 1. The molecule has 8 heteroatoms. The largest absolute Gasteiger partial charge is 0.504 e. The van der Waals surface area contributed by atoms with Crippen molar-refractivity contribution < 1.29 is 14.5 Å². The molecule has 3 N–H and O–H groups in total. The minimum Gasteiger partial charge on any atom is -0.504 e. The van der Waals surface area contributed by atoms with E-state index < -0.39 is 6.17 Å². The molecule has 4 rings (SSSR count). The van der Waals surface area contributed by atoms with Crippen LogP contribution in [0.2, 0.25) is 0 Å². The number of rotatable bonds is 4. The zero-order valence-electron chi connectivity index (χ0n) is 14.9. The summed E-state index contributed by atoms with van der Waals surface area (Å²) in [5.74, 6) is 0.471. The Hall–Kier alpha value is -3.00. The van der Waals surface area contributed by atoms with E-state index in [1.807, 2.05) is 37.4 Å². The Morgan fingerprint density at radius 1 is 1.30 bits per heavy atom. The molecule has 3 aromatic rings. The van der Waals surface area contributed by atoms with Gasteiger partial charge in [0.05, 0.1) is 17.9 Å². The van der Waals surface area contributed by atoms with Gasteiger partial charge >= 0.3 is 11.3 Å². The van der Waals surface area contributed by atoms with Gasteiger partial charge in [-0.05, 0) is 48.2 Å². The molecule has 1 atom stereocenters. The number of aromatic amines is 1. The summed E-state index contributed by atoms with van der Waals surface area (Å²) >= 11 is 1.37. The van der Waals surface area contributed by atoms with Crippen LogP contribution in [0.5, 0.6) is 11.5 Å². The average molecular weight is 383 g/mol. The van der Waals surface area contributed by atoms with E-state index in [0.717, 1.165) is 16.8 Å². The molecule has 0 amide bonds. The summed E-state index contributed by atoms with van der Waals surface area (Å²) in [7, 11) is 0. The lowest BCUT2D eigenvalue weighted by Crippen LogP contribution is -2.55. The van der Waals surface area contributed by atoms with E-state index in [-0.39, 0.29) is 11.3 Å². The number of thioether (sulfide) groups is 1. The fourth-order valence-electron chi connectivity index (χ4n) is 3.18. The molecule has 2 heterocycles. The summed E-state index contributed by atoms with van der Waals surface area (Å²) < 4.78 is 7.20. The van der Waals surface area contributed by atoms with Crippen LogP contribution in [0.15, 0.2) is 52.4 Å². The molecule has 0 bridgehead atoms. The van der Waals surface area contributed by atoms with E-state index in [1.54, 1.807) is 22.9 Å². The van der Waals surface area contributed by atoms with E-state index in [1.165, 1.54) is 11.8 Å². The Labute approximate surface area is 160 Å². The van der Waals surface area contributed by atoms with Crippen molar-refractivity contribution in [3.05, 3.63) is 58.4 Å². The van der Waals surface area contributed by atoms with Crippen LogP contribution >= 0.6 is 11.8 Å². The number of para-hydroxylation sites is 1. The van der Waals surface area contributed by atoms with Gasteiger partial charge in [0, 0.05) is 10.7 Å². The number of benzene rings is 2. The zero-order chi connectivity index (χ0) is 19.0. The van der Waals surface area contributed by atoms with E-state index in [0.29, 0.717) is 23.2 Å². The van der Waals surface area contributed by atoms with Gasteiger partial charge in [0.25, 0.3) is 6.17 Å². The van der Waals surface area contributed by atoms with Gasteiger partial charge in [-0.2, -0.15) is 0 Å². The van der Waals surface area contributed by atoms with Crippen LogP contribution < -0.4 is 20.3 Å². The molecule has 1 aliphatic heterocycles. The second-order valence-corrected chi connectivity index (χ2v) is 6.80. The van der Waals surface area contributed by atoms with Gasteiger partial charge in [-0.15, -0.1) is 0 Å². The number of hydrogen-bond donors (Lipinski definition) is 3. The Kier molecular flexibility index (Phi) is 4.49. The molecule has 0 fully saturated rings. The molecule has 0 saturated heterocycles. The Balaban J connectivity index is 1.93. The summed E-state index contributed by atoms with van der Waals surface area (Å²) in [6.45, 7) is 2.30. The number of phenols is 1. The fourth-order valence-corrected chi connectivity index (χ4v) is 3.54. The third-order valence-electron chi connectivity index (χ3n) is 4.37. The Morgan fingerprint density at radius 3 is 2.89 bits per heavy atom. The number of phenolic OH excluding ortho intramolecular Hbond substituents is 1. The minimum atomic E-state index is -0.414. The molecule has 0 spiro atoms. The van der Waals surface area contributed by atoms with Crippen molar-refractivity contribution in [2.75, 3.05) is 18.2 Å². The monoisotopic (exact) mass is 383 g/mol. The van der Waals surface area contributed by atoms with Crippen molar-refractivity contribution in [2.24, 2.45) is 0 Å². The summed E-state index contributed by atoms with van der Waals surface area (Å²) in [5, 5.41) is 18.6. The van der Waals surface area contributed by atoms with E-state index in [2.05, 4.69) is 15.4 Å². The lowest BCUT2D eigenvalue weighted by Gasteiger charge is -2.22. The standard InChI is InChI=1S/C19H18N4O3S/c1-3-26-15-10-11(8-9-14(15)24)17-20-13-7-5-4-6-12(13)16-18(25)21-19(27-2)22-23(16)17/h4-10,17H,3H2,1-2H3,(H2,21,22,24,25)/p+1/t17-/m0/s1. The fraction of sp³-hybridized carbons (Fsp3) is 0.211. The molecule has 27 heavy (non-hydrogen) atoms. The predicted octanol–water partition coefficient (Wildman–Crippen LogP) is 2.52. The second kappa shape index (κ2) is 6.96. The van der Waals surface area contributed by atoms with Crippen LogP contribution in [0.25, 0.3) is 11.3 Å². The van der Waals surface area contributed by atoms with Gasteiger partial charge in [-0.25, -0.2) is 0 Å². The normalized spacial score (nSPS) is 14.8. The van der Waals surface area contributed by atoms with Gasteiger partial charge in [0.2, 0.25) is 5.16 Å². The molecule has 0 saturated carbocycles. The van der Waals surface area contributed by atoms with Crippen molar-refractivity contribution in [3.63, 3.8) is 0 Å². The zero-order valence-corrected chi connectivity index (χ0v) is 15.7. The van der Waals surface area contributed by atoms with E-state index in [4.69, 9.17) is 4.74 Å². The third kappa shape index (κ3) is 3.02. The van der Waals surface area contributed by atoms with Crippen LogP contribution in [-0.4, -0.2) is 28.1 Å². The van der Waals surface area contributed by atoms with Crippen molar-refractivity contribution in [1.82, 2.24) is 10.1 Å².